The van der Waals surface area contributed by atoms with Crippen LogP contribution in [0.1, 0.15) is 57.0 Å². The maximum atomic E-state index is 12.7. The number of nitrogens with zero attached hydrogens (tertiary/aromatic N) is 4. The molecule has 0 spiro atoms. The van der Waals surface area contributed by atoms with E-state index in [9.17, 15) is 4.79 Å². The number of aryl methyl sites for hydroxylation is 2. The number of hydrogen-bond acceptors (Lipinski definition) is 5. The number of methoxy groups -OCH3 is 1. The number of hydrogen-bond donors (Lipinski definition) is 0. The quantitative estimate of drug-likeness (QED) is 0.737. The summed E-state index contributed by atoms with van der Waals surface area (Å²) in [4.78, 5) is 26.1. The summed E-state index contributed by atoms with van der Waals surface area (Å²) in [5.74, 6) is 2.47. The molecule has 6 heteroatoms. The second-order valence-corrected chi connectivity index (χ2v) is 6.70. The third-order valence-corrected chi connectivity index (χ3v) is 4.88. The average Bonchev–Trinajstić information content (AvgIpc) is 2.58. The molecule has 0 bridgehead atoms. The zero-order chi connectivity index (χ0) is 17.6. The van der Waals surface area contributed by atoms with Crippen LogP contribution < -0.4 is 10.3 Å². The van der Waals surface area contributed by atoms with Gasteiger partial charge in [-0.3, -0.25) is 4.79 Å². The number of ether oxygens (including phenoxy) is 1. The second-order valence-electron chi connectivity index (χ2n) is 6.70. The third-order valence-electron chi connectivity index (χ3n) is 4.88. The Kier molecular flexibility index (Phi) is 5.79. The van der Waals surface area contributed by atoms with Crippen LogP contribution in [-0.2, 0) is 12.8 Å². The minimum Gasteiger partial charge on any atom is -0.494 e. The number of unbranched alkanes of at least 4 members (excludes halogenated alkanes) is 1. The first kappa shape index (κ1) is 17.6. The predicted molar refractivity (Wildman–Crippen MR) is 96.3 cm³/mol. The first-order valence-electron chi connectivity index (χ1n) is 9.19. The van der Waals surface area contributed by atoms with Crippen molar-refractivity contribution in [2.24, 2.45) is 5.92 Å². The van der Waals surface area contributed by atoms with Gasteiger partial charge in [0.15, 0.2) is 5.75 Å². The van der Waals surface area contributed by atoms with Crippen LogP contribution in [0.5, 0.6) is 5.75 Å². The van der Waals surface area contributed by atoms with Gasteiger partial charge in [-0.15, -0.1) is 0 Å². The summed E-state index contributed by atoms with van der Waals surface area (Å²) >= 11 is 0. The molecule has 2 aromatic rings. The van der Waals surface area contributed by atoms with Gasteiger partial charge in [0.05, 0.1) is 19.5 Å². The van der Waals surface area contributed by atoms with Crippen LogP contribution >= 0.6 is 0 Å². The van der Waals surface area contributed by atoms with E-state index in [0.717, 1.165) is 49.5 Å². The molecule has 0 atom stereocenters. The molecule has 134 valence electrons. The van der Waals surface area contributed by atoms with Crippen LogP contribution in [0.2, 0.25) is 0 Å². The van der Waals surface area contributed by atoms with Crippen molar-refractivity contribution in [1.29, 1.82) is 0 Å². The lowest BCUT2D eigenvalue weighted by molar-refractivity contribution is 0.293. The van der Waals surface area contributed by atoms with E-state index in [1.807, 2.05) is 0 Å². The monoisotopic (exact) mass is 342 g/mol. The lowest BCUT2D eigenvalue weighted by atomic mass is 9.82. The van der Waals surface area contributed by atoms with E-state index in [0.29, 0.717) is 11.7 Å². The van der Waals surface area contributed by atoms with Gasteiger partial charge in [0.1, 0.15) is 5.82 Å². The molecule has 0 unspecified atom stereocenters. The van der Waals surface area contributed by atoms with Crippen LogP contribution in [0.3, 0.4) is 0 Å². The number of rotatable bonds is 8. The molecule has 1 aliphatic rings. The fourth-order valence-electron chi connectivity index (χ4n) is 3.09. The van der Waals surface area contributed by atoms with Gasteiger partial charge < -0.3 is 4.74 Å². The zero-order valence-corrected chi connectivity index (χ0v) is 15.1. The molecule has 0 N–H and O–H groups in total. The second kappa shape index (κ2) is 8.23. The lowest BCUT2D eigenvalue weighted by Gasteiger charge is -2.25. The van der Waals surface area contributed by atoms with E-state index < -0.39 is 0 Å². The smallest absolute Gasteiger partial charge is 0.260 e. The molecular formula is C19H26N4O2. The Balaban J connectivity index is 1.93. The van der Waals surface area contributed by atoms with E-state index >= 15 is 0 Å². The summed E-state index contributed by atoms with van der Waals surface area (Å²) in [7, 11) is 1.57. The Bertz CT molecular complexity index is 751. The van der Waals surface area contributed by atoms with Crippen LogP contribution in [0.25, 0.3) is 5.95 Å². The summed E-state index contributed by atoms with van der Waals surface area (Å²) in [5.41, 5.74) is 0.773. The van der Waals surface area contributed by atoms with E-state index in [-0.39, 0.29) is 5.56 Å². The van der Waals surface area contributed by atoms with Crippen molar-refractivity contribution in [2.75, 3.05) is 7.11 Å². The molecule has 3 rings (SSSR count). The lowest BCUT2D eigenvalue weighted by Crippen LogP contribution is -2.26. The maximum Gasteiger partial charge on any atom is 0.260 e. The number of aromatic nitrogens is 4. The third kappa shape index (κ3) is 4.24. The Hall–Kier alpha value is -2.24. The highest BCUT2D eigenvalue weighted by atomic mass is 16.5. The van der Waals surface area contributed by atoms with Gasteiger partial charge in [-0.05, 0) is 25.2 Å². The molecule has 0 saturated heterocycles. The standard InChI is InChI=1S/C19H26N4O2/c1-3-4-8-15-11-18(24)23(19-20-12-16(25-2)13-21-19)17(22-15)10-9-14-6-5-7-14/h11-14H,3-10H2,1-2H3. The van der Waals surface area contributed by atoms with Crippen molar-refractivity contribution < 1.29 is 4.74 Å². The summed E-state index contributed by atoms with van der Waals surface area (Å²) in [5, 5.41) is 0. The Morgan fingerprint density at radius 1 is 1.24 bits per heavy atom. The molecule has 2 aromatic heterocycles. The molecular weight excluding hydrogens is 316 g/mol. The fraction of sp³-hybridized carbons (Fsp3) is 0.579. The molecule has 1 saturated carbocycles. The molecule has 1 fully saturated rings. The van der Waals surface area contributed by atoms with E-state index in [4.69, 9.17) is 9.72 Å². The van der Waals surface area contributed by atoms with Crippen LogP contribution in [0, 0.1) is 5.92 Å². The van der Waals surface area contributed by atoms with Gasteiger partial charge in [-0.1, -0.05) is 32.6 Å². The van der Waals surface area contributed by atoms with E-state index in [1.165, 1.54) is 19.3 Å². The minimum atomic E-state index is -0.102. The van der Waals surface area contributed by atoms with Crippen LogP contribution in [0.15, 0.2) is 23.3 Å². The highest BCUT2D eigenvalue weighted by Crippen LogP contribution is 2.30. The summed E-state index contributed by atoms with van der Waals surface area (Å²) in [6.07, 6.45) is 11.9. The normalized spacial score (nSPS) is 14.3. The molecule has 0 aromatic carbocycles. The summed E-state index contributed by atoms with van der Waals surface area (Å²) in [6.45, 7) is 2.14. The molecule has 0 amide bonds. The van der Waals surface area contributed by atoms with Crippen molar-refractivity contribution in [1.82, 2.24) is 19.5 Å². The predicted octanol–water partition coefficient (Wildman–Crippen LogP) is 3.11. The Labute approximate surface area is 148 Å². The van der Waals surface area contributed by atoms with E-state index in [2.05, 4.69) is 16.9 Å². The van der Waals surface area contributed by atoms with Gasteiger partial charge in [0, 0.05) is 18.2 Å². The van der Waals surface area contributed by atoms with Crippen molar-refractivity contribution in [3.63, 3.8) is 0 Å². The summed E-state index contributed by atoms with van der Waals surface area (Å²) in [6, 6.07) is 1.62. The van der Waals surface area contributed by atoms with Crippen molar-refractivity contribution >= 4 is 0 Å². The largest absolute Gasteiger partial charge is 0.494 e. The van der Waals surface area contributed by atoms with Crippen molar-refractivity contribution in [2.45, 2.75) is 58.3 Å². The van der Waals surface area contributed by atoms with Gasteiger partial charge in [0.2, 0.25) is 5.95 Å². The van der Waals surface area contributed by atoms with Crippen LogP contribution in [0.4, 0.5) is 0 Å². The van der Waals surface area contributed by atoms with Gasteiger partial charge >= 0.3 is 0 Å². The molecule has 0 aliphatic heterocycles. The highest BCUT2D eigenvalue weighted by Gasteiger charge is 2.19. The van der Waals surface area contributed by atoms with Crippen molar-refractivity contribution in [3.05, 3.63) is 40.3 Å². The molecule has 1 aliphatic carbocycles. The van der Waals surface area contributed by atoms with Crippen molar-refractivity contribution in [3.8, 4) is 11.7 Å². The zero-order valence-electron chi connectivity index (χ0n) is 15.1. The topological polar surface area (TPSA) is 69.9 Å². The SMILES string of the molecule is CCCCc1cc(=O)n(-c2ncc(OC)cn2)c(CCC2CCC2)n1. The molecule has 0 radical (unpaired) electrons. The van der Waals surface area contributed by atoms with Gasteiger partial charge in [0.25, 0.3) is 5.56 Å². The molecule has 6 nitrogen and oxygen atoms in total. The van der Waals surface area contributed by atoms with Gasteiger partial charge in [-0.25, -0.2) is 19.5 Å². The fourth-order valence-corrected chi connectivity index (χ4v) is 3.09. The highest BCUT2D eigenvalue weighted by molar-refractivity contribution is 5.22. The average molecular weight is 342 g/mol. The Morgan fingerprint density at radius 2 is 2.00 bits per heavy atom. The molecule has 25 heavy (non-hydrogen) atoms. The Morgan fingerprint density at radius 3 is 2.60 bits per heavy atom. The minimum absolute atomic E-state index is 0.102. The molecule has 2 heterocycles. The first-order chi connectivity index (χ1) is 12.2. The van der Waals surface area contributed by atoms with Gasteiger partial charge in [-0.2, -0.15) is 0 Å². The van der Waals surface area contributed by atoms with E-state index in [1.54, 1.807) is 30.1 Å². The maximum absolute atomic E-state index is 12.7. The first-order valence-corrected chi connectivity index (χ1v) is 9.19. The van der Waals surface area contributed by atoms with Crippen LogP contribution in [-0.4, -0.2) is 26.6 Å². The summed E-state index contributed by atoms with van der Waals surface area (Å²) < 4.78 is 6.65.